The van der Waals surface area contributed by atoms with Gasteiger partial charge >= 0.3 is 0 Å². The second-order valence-electron chi connectivity index (χ2n) is 10.7. The molecule has 0 radical (unpaired) electrons. The third-order valence-corrected chi connectivity index (χ3v) is 9.53. The fraction of sp³-hybridized carbons (Fsp3) is 0.483. The molecule has 0 N–H and O–H groups in total. The molecule has 1 nitrogen and oxygen atoms in total. The highest BCUT2D eigenvalue weighted by atomic mass is 31.1. The van der Waals surface area contributed by atoms with E-state index in [0.717, 1.165) is 5.31 Å². The first-order chi connectivity index (χ1) is 14.4. The van der Waals surface area contributed by atoms with Gasteiger partial charge in [0.15, 0.2) is 0 Å². The predicted octanol–water partition coefficient (Wildman–Crippen LogP) is 8.49. The first-order valence-corrected chi connectivity index (χ1v) is 13.0. The lowest BCUT2D eigenvalue weighted by atomic mass is 9.82. The number of hydrogen-bond donors (Lipinski definition) is 0. The highest BCUT2D eigenvalue weighted by Gasteiger charge is 2.40. The second kappa shape index (κ2) is 9.03. The Morgan fingerprint density at radius 2 is 1.45 bits per heavy atom. The van der Waals surface area contributed by atoms with Gasteiger partial charge in [0.2, 0.25) is 0 Å². The quantitative estimate of drug-likeness (QED) is 0.431. The molecule has 1 heterocycles. The van der Waals surface area contributed by atoms with Crippen molar-refractivity contribution in [3.8, 4) is 11.1 Å². The van der Waals surface area contributed by atoms with E-state index in [1.54, 1.807) is 0 Å². The van der Waals surface area contributed by atoms with Crippen molar-refractivity contribution in [3.63, 3.8) is 0 Å². The summed E-state index contributed by atoms with van der Waals surface area (Å²) >= 11 is 0. The molecule has 1 fully saturated rings. The molecule has 1 atom stereocenters. The van der Waals surface area contributed by atoms with E-state index in [0.29, 0.717) is 36.4 Å². The van der Waals surface area contributed by atoms with Crippen LogP contribution in [0.1, 0.15) is 103 Å². The van der Waals surface area contributed by atoms with Crippen LogP contribution in [-0.4, -0.2) is 10.9 Å². The van der Waals surface area contributed by atoms with E-state index in [9.17, 15) is 4.79 Å². The van der Waals surface area contributed by atoms with Gasteiger partial charge in [-0.1, -0.05) is 98.4 Å². The Bertz CT molecular complexity index is 965. The van der Waals surface area contributed by atoms with Gasteiger partial charge in [0, 0.05) is 12.8 Å². The standard InChI is InChI=1S/C29H39OP/c1-18(2)22-15-25(19(3)4)28(26(16-22)20(5)6)24-12-10-11-13-27(24)31-21(7)14-23(30)17-29(31,8)9/h10-13,15-16,18-20H,7,14,17H2,1-6,8-9H3. The van der Waals surface area contributed by atoms with Crippen molar-refractivity contribution in [1.29, 1.82) is 0 Å². The minimum absolute atomic E-state index is 0.0638. The van der Waals surface area contributed by atoms with Crippen LogP contribution in [0.4, 0.5) is 0 Å². The smallest absolute Gasteiger partial charge is 0.138 e. The Balaban J connectivity index is 2.33. The minimum Gasteiger partial charge on any atom is -0.299 e. The van der Waals surface area contributed by atoms with Crippen LogP contribution in [-0.2, 0) is 4.79 Å². The second-order valence-corrected chi connectivity index (χ2v) is 13.7. The van der Waals surface area contributed by atoms with Crippen LogP contribution in [0.15, 0.2) is 48.3 Å². The molecule has 0 aromatic heterocycles. The first kappa shape index (κ1) is 23.9. The average Bonchev–Trinajstić information content (AvgIpc) is 2.65. The highest BCUT2D eigenvalue weighted by Crippen LogP contribution is 2.61. The number of carbonyl (C=O) groups excluding carboxylic acids is 1. The molecular formula is C29H39OP. The van der Waals surface area contributed by atoms with Crippen LogP contribution in [0.25, 0.3) is 11.1 Å². The summed E-state index contributed by atoms with van der Waals surface area (Å²) in [6.07, 6.45) is 1.18. The predicted molar refractivity (Wildman–Crippen MR) is 138 cm³/mol. The largest absolute Gasteiger partial charge is 0.299 e. The maximum atomic E-state index is 12.4. The first-order valence-electron chi connectivity index (χ1n) is 11.7. The molecule has 166 valence electrons. The topological polar surface area (TPSA) is 17.1 Å². The molecule has 0 amide bonds. The maximum absolute atomic E-state index is 12.4. The number of carbonyl (C=O) groups is 1. The van der Waals surface area contributed by atoms with Crippen LogP contribution >= 0.6 is 7.92 Å². The van der Waals surface area contributed by atoms with Gasteiger partial charge in [-0.3, -0.25) is 4.79 Å². The van der Waals surface area contributed by atoms with E-state index in [-0.39, 0.29) is 5.16 Å². The molecular weight excluding hydrogens is 395 g/mol. The van der Waals surface area contributed by atoms with Crippen molar-refractivity contribution in [2.75, 3.05) is 0 Å². The van der Waals surface area contributed by atoms with Crippen LogP contribution < -0.4 is 5.30 Å². The Kier molecular flexibility index (Phi) is 6.97. The van der Waals surface area contributed by atoms with Crippen molar-refractivity contribution in [3.05, 3.63) is 65.0 Å². The maximum Gasteiger partial charge on any atom is 0.138 e. The molecule has 1 unspecified atom stereocenters. The van der Waals surface area contributed by atoms with Crippen molar-refractivity contribution in [2.45, 2.75) is 91.1 Å². The molecule has 1 aliphatic rings. The number of hydrogen-bond acceptors (Lipinski definition) is 1. The lowest BCUT2D eigenvalue weighted by Crippen LogP contribution is -2.32. The third-order valence-electron chi connectivity index (χ3n) is 6.50. The van der Waals surface area contributed by atoms with E-state index in [2.05, 4.69) is 98.4 Å². The van der Waals surface area contributed by atoms with Gasteiger partial charge < -0.3 is 0 Å². The van der Waals surface area contributed by atoms with E-state index in [1.165, 1.54) is 33.1 Å². The summed E-state index contributed by atoms with van der Waals surface area (Å²) in [6, 6.07) is 13.8. The van der Waals surface area contributed by atoms with Crippen molar-refractivity contribution in [1.82, 2.24) is 0 Å². The van der Waals surface area contributed by atoms with Gasteiger partial charge in [-0.25, -0.2) is 0 Å². The summed E-state index contributed by atoms with van der Waals surface area (Å²) in [7, 11) is -0.641. The fourth-order valence-corrected chi connectivity index (χ4v) is 8.18. The fourth-order valence-electron chi connectivity index (χ4n) is 5.00. The Morgan fingerprint density at radius 1 is 0.903 bits per heavy atom. The van der Waals surface area contributed by atoms with Gasteiger partial charge in [0.25, 0.3) is 0 Å². The Labute approximate surface area is 191 Å². The summed E-state index contributed by atoms with van der Waals surface area (Å²) in [5.41, 5.74) is 7.06. The molecule has 1 saturated heterocycles. The minimum atomic E-state index is -0.641. The molecule has 31 heavy (non-hydrogen) atoms. The summed E-state index contributed by atoms with van der Waals surface area (Å²) in [4.78, 5) is 12.4. The molecule has 0 aliphatic carbocycles. The van der Waals surface area contributed by atoms with Crippen molar-refractivity contribution < 1.29 is 4.79 Å². The lowest BCUT2D eigenvalue weighted by molar-refractivity contribution is -0.118. The summed E-state index contributed by atoms with van der Waals surface area (Å²) in [6.45, 7) is 22.7. The summed E-state index contributed by atoms with van der Waals surface area (Å²) < 4.78 is 0. The van der Waals surface area contributed by atoms with Gasteiger partial charge in [-0.2, -0.15) is 0 Å². The van der Waals surface area contributed by atoms with E-state index >= 15 is 0 Å². The molecule has 0 bridgehead atoms. The number of benzene rings is 2. The van der Waals surface area contributed by atoms with Crippen LogP contribution in [0.3, 0.4) is 0 Å². The van der Waals surface area contributed by atoms with E-state index < -0.39 is 7.92 Å². The highest BCUT2D eigenvalue weighted by molar-refractivity contribution is 7.71. The normalized spacial score (nSPS) is 19.0. The van der Waals surface area contributed by atoms with E-state index in [1.807, 2.05) is 0 Å². The third kappa shape index (κ3) is 4.73. The molecule has 1 aliphatic heterocycles. The Hall–Kier alpha value is -1.72. The van der Waals surface area contributed by atoms with Gasteiger partial charge in [-0.05, 0) is 69.3 Å². The molecule has 3 rings (SSSR count). The molecule has 0 saturated carbocycles. The zero-order valence-corrected chi connectivity index (χ0v) is 21.6. The number of allylic oxidation sites excluding steroid dienone is 1. The summed E-state index contributed by atoms with van der Waals surface area (Å²) in [5, 5.41) is 2.45. The molecule has 2 aromatic carbocycles. The van der Waals surface area contributed by atoms with Gasteiger partial charge in [-0.15, -0.1) is 0 Å². The number of rotatable bonds is 5. The lowest BCUT2D eigenvalue weighted by Gasteiger charge is -2.41. The number of Topliss-reactive ketones (excluding diaryl/α,β-unsaturated/α-hetero) is 1. The molecule has 2 aromatic rings. The van der Waals surface area contributed by atoms with Crippen molar-refractivity contribution in [2.24, 2.45) is 0 Å². The number of ketones is 1. The van der Waals surface area contributed by atoms with Crippen LogP contribution in [0.5, 0.6) is 0 Å². The SMILES string of the molecule is C=C1CC(=O)CC(C)(C)P1c1ccccc1-c1c(C(C)C)cc(C(C)C)cc1C(C)C. The molecule has 2 heteroatoms. The summed E-state index contributed by atoms with van der Waals surface area (Å²) in [5.74, 6) is 1.72. The molecule has 0 spiro atoms. The Morgan fingerprint density at radius 3 is 1.94 bits per heavy atom. The average molecular weight is 435 g/mol. The van der Waals surface area contributed by atoms with Crippen molar-refractivity contribution >= 4 is 19.0 Å². The van der Waals surface area contributed by atoms with Gasteiger partial charge in [0.1, 0.15) is 5.78 Å². The zero-order chi connectivity index (χ0) is 23.1. The van der Waals surface area contributed by atoms with E-state index in [4.69, 9.17) is 0 Å². The zero-order valence-electron chi connectivity index (χ0n) is 20.7. The monoisotopic (exact) mass is 434 g/mol. The van der Waals surface area contributed by atoms with Crippen LogP contribution in [0, 0.1) is 0 Å². The van der Waals surface area contributed by atoms with Crippen LogP contribution in [0.2, 0.25) is 0 Å². The van der Waals surface area contributed by atoms with Gasteiger partial charge in [0.05, 0.1) is 0 Å².